The Kier molecular flexibility index (Phi) is 5.94. The summed E-state index contributed by atoms with van der Waals surface area (Å²) >= 11 is 0. The summed E-state index contributed by atoms with van der Waals surface area (Å²) in [6.45, 7) is 8.23. The predicted octanol–water partition coefficient (Wildman–Crippen LogP) is 1.84. The molecule has 0 aromatic heterocycles. The number of esters is 1. The van der Waals surface area contributed by atoms with Crippen molar-refractivity contribution < 1.29 is 19.2 Å². The maximum atomic E-state index is 11.9. The van der Waals surface area contributed by atoms with Crippen molar-refractivity contribution in [3.8, 4) is 0 Å². The standard InChI is InChI=1S/C12H21NO5/c1-6-18-11(15)9(8(2)13(16)17)7-10(14)12(3,4)5/h8-9H,6-7H2,1-5H3. The summed E-state index contributed by atoms with van der Waals surface area (Å²) in [6, 6.07) is -1.13. The van der Waals surface area contributed by atoms with Crippen LogP contribution in [0.3, 0.4) is 0 Å². The van der Waals surface area contributed by atoms with Gasteiger partial charge in [0.05, 0.1) is 6.61 Å². The van der Waals surface area contributed by atoms with E-state index in [0.717, 1.165) is 0 Å². The second kappa shape index (κ2) is 6.47. The first-order valence-corrected chi connectivity index (χ1v) is 5.94. The lowest BCUT2D eigenvalue weighted by Crippen LogP contribution is -2.37. The Balaban J connectivity index is 4.94. The SMILES string of the molecule is CCOC(=O)C(CC(=O)C(C)(C)C)C(C)[N+](=O)[O-]. The summed E-state index contributed by atoms with van der Waals surface area (Å²) in [5.41, 5.74) is -0.624. The summed E-state index contributed by atoms with van der Waals surface area (Å²) in [4.78, 5) is 33.8. The fourth-order valence-electron chi connectivity index (χ4n) is 1.35. The van der Waals surface area contributed by atoms with Crippen molar-refractivity contribution in [2.45, 2.75) is 47.1 Å². The topological polar surface area (TPSA) is 86.5 Å². The van der Waals surface area contributed by atoms with Gasteiger partial charge in [-0.1, -0.05) is 20.8 Å². The van der Waals surface area contributed by atoms with Gasteiger partial charge in [-0.2, -0.15) is 0 Å². The van der Waals surface area contributed by atoms with Crippen molar-refractivity contribution in [2.75, 3.05) is 6.61 Å². The second-order valence-corrected chi connectivity index (χ2v) is 5.26. The van der Waals surface area contributed by atoms with Gasteiger partial charge >= 0.3 is 5.97 Å². The van der Waals surface area contributed by atoms with E-state index in [0.29, 0.717) is 0 Å². The highest BCUT2D eigenvalue weighted by Gasteiger charge is 2.38. The van der Waals surface area contributed by atoms with E-state index < -0.39 is 28.3 Å². The maximum Gasteiger partial charge on any atom is 0.316 e. The van der Waals surface area contributed by atoms with Gasteiger partial charge < -0.3 is 4.74 Å². The van der Waals surface area contributed by atoms with Crippen molar-refractivity contribution in [1.29, 1.82) is 0 Å². The number of nitrogens with zero attached hydrogens (tertiary/aromatic N) is 1. The lowest BCUT2D eigenvalue weighted by molar-refractivity contribution is -0.525. The fraction of sp³-hybridized carbons (Fsp3) is 0.833. The molecule has 18 heavy (non-hydrogen) atoms. The molecular weight excluding hydrogens is 238 g/mol. The first kappa shape index (κ1) is 16.5. The third-order valence-corrected chi connectivity index (χ3v) is 2.75. The smallest absolute Gasteiger partial charge is 0.316 e. The molecule has 0 N–H and O–H groups in total. The normalized spacial score (nSPS) is 14.7. The van der Waals surface area contributed by atoms with E-state index >= 15 is 0 Å². The van der Waals surface area contributed by atoms with Gasteiger partial charge in [0.25, 0.3) is 0 Å². The number of ketones is 1. The molecule has 0 aromatic rings. The minimum atomic E-state index is -1.13. The van der Waals surface area contributed by atoms with E-state index in [1.54, 1.807) is 27.7 Å². The summed E-state index contributed by atoms with van der Waals surface area (Å²) < 4.78 is 4.79. The molecule has 0 fully saturated rings. The monoisotopic (exact) mass is 259 g/mol. The molecule has 0 spiro atoms. The largest absolute Gasteiger partial charge is 0.466 e. The van der Waals surface area contributed by atoms with Crippen LogP contribution in [0.25, 0.3) is 0 Å². The summed E-state index contributed by atoms with van der Waals surface area (Å²) in [6.07, 6.45) is -0.162. The van der Waals surface area contributed by atoms with Crippen LogP contribution in [0.2, 0.25) is 0 Å². The Morgan fingerprint density at radius 2 is 1.83 bits per heavy atom. The molecule has 0 amide bonds. The van der Waals surface area contributed by atoms with Gasteiger partial charge in [-0.05, 0) is 6.92 Å². The van der Waals surface area contributed by atoms with E-state index in [-0.39, 0.29) is 18.8 Å². The zero-order valence-corrected chi connectivity index (χ0v) is 11.6. The second-order valence-electron chi connectivity index (χ2n) is 5.26. The van der Waals surface area contributed by atoms with Gasteiger partial charge in [-0.15, -0.1) is 0 Å². The van der Waals surface area contributed by atoms with Crippen LogP contribution in [0.4, 0.5) is 0 Å². The number of Topliss-reactive ketones (excluding diaryl/α,β-unsaturated/α-hetero) is 1. The zero-order chi connectivity index (χ0) is 14.5. The fourth-order valence-corrected chi connectivity index (χ4v) is 1.35. The molecule has 0 bridgehead atoms. The Morgan fingerprint density at radius 3 is 2.17 bits per heavy atom. The van der Waals surface area contributed by atoms with E-state index in [9.17, 15) is 19.7 Å². The molecule has 6 nitrogen and oxygen atoms in total. The highest BCUT2D eigenvalue weighted by molar-refractivity contribution is 5.88. The minimum Gasteiger partial charge on any atom is -0.466 e. The first-order valence-electron chi connectivity index (χ1n) is 5.94. The van der Waals surface area contributed by atoms with Crippen LogP contribution in [0.1, 0.15) is 41.0 Å². The summed E-state index contributed by atoms with van der Waals surface area (Å²) in [5.74, 6) is -1.89. The molecular formula is C12H21NO5. The van der Waals surface area contributed by atoms with Crippen LogP contribution < -0.4 is 0 Å². The summed E-state index contributed by atoms with van der Waals surface area (Å²) in [5, 5.41) is 10.8. The van der Waals surface area contributed by atoms with Crippen LogP contribution in [-0.4, -0.2) is 29.3 Å². The van der Waals surface area contributed by atoms with Crippen molar-refractivity contribution in [3.63, 3.8) is 0 Å². The summed E-state index contributed by atoms with van der Waals surface area (Å²) in [7, 11) is 0. The van der Waals surface area contributed by atoms with Crippen LogP contribution in [0.15, 0.2) is 0 Å². The average Bonchev–Trinajstić information content (AvgIpc) is 2.23. The lowest BCUT2D eigenvalue weighted by Gasteiger charge is -2.21. The number of carbonyl (C=O) groups is 2. The molecule has 2 unspecified atom stereocenters. The number of ether oxygens (including phenoxy) is 1. The van der Waals surface area contributed by atoms with Gasteiger partial charge in [0.1, 0.15) is 11.7 Å². The number of nitro groups is 1. The average molecular weight is 259 g/mol. The Hall–Kier alpha value is -1.46. The Bertz CT molecular complexity index is 332. The predicted molar refractivity (Wildman–Crippen MR) is 65.7 cm³/mol. The van der Waals surface area contributed by atoms with Gasteiger partial charge in [0.15, 0.2) is 0 Å². The molecule has 0 radical (unpaired) electrons. The molecule has 0 aliphatic carbocycles. The molecule has 6 heteroatoms. The van der Waals surface area contributed by atoms with Gasteiger partial charge in [0.2, 0.25) is 6.04 Å². The molecule has 0 saturated heterocycles. The molecule has 2 atom stereocenters. The highest BCUT2D eigenvalue weighted by atomic mass is 16.6. The van der Waals surface area contributed by atoms with Crippen molar-refractivity contribution in [3.05, 3.63) is 10.1 Å². The van der Waals surface area contributed by atoms with Crippen LogP contribution in [0.5, 0.6) is 0 Å². The molecule has 0 aromatic carbocycles. The Morgan fingerprint density at radius 1 is 1.33 bits per heavy atom. The minimum absolute atomic E-state index is 0.142. The number of rotatable bonds is 6. The van der Waals surface area contributed by atoms with E-state index in [2.05, 4.69) is 0 Å². The van der Waals surface area contributed by atoms with E-state index in [1.165, 1.54) is 6.92 Å². The number of carbonyl (C=O) groups excluding carboxylic acids is 2. The van der Waals surface area contributed by atoms with E-state index in [1.807, 2.05) is 0 Å². The van der Waals surface area contributed by atoms with Crippen LogP contribution in [-0.2, 0) is 14.3 Å². The van der Waals surface area contributed by atoms with Crippen molar-refractivity contribution in [2.24, 2.45) is 11.3 Å². The third-order valence-electron chi connectivity index (χ3n) is 2.75. The molecule has 0 saturated carbocycles. The Labute approximate surface area is 107 Å². The zero-order valence-electron chi connectivity index (χ0n) is 11.6. The number of hydrogen-bond donors (Lipinski definition) is 0. The van der Waals surface area contributed by atoms with Gasteiger partial charge in [-0.3, -0.25) is 19.7 Å². The van der Waals surface area contributed by atoms with Crippen LogP contribution in [0, 0.1) is 21.4 Å². The molecule has 104 valence electrons. The van der Waals surface area contributed by atoms with Gasteiger partial charge in [-0.25, -0.2) is 0 Å². The number of hydrogen-bond acceptors (Lipinski definition) is 5. The molecule has 0 heterocycles. The van der Waals surface area contributed by atoms with Crippen LogP contribution >= 0.6 is 0 Å². The lowest BCUT2D eigenvalue weighted by atomic mass is 9.83. The molecule has 0 aliphatic heterocycles. The maximum absolute atomic E-state index is 11.9. The first-order chi connectivity index (χ1) is 8.11. The third kappa shape index (κ3) is 4.81. The molecule has 0 aliphatic rings. The highest BCUT2D eigenvalue weighted by Crippen LogP contribution is 2.23. The van der Waals surface area contributed by atoms with Crippen molar-refractivity contribution in [1.82, 2.24) is 0 Å². The molecule has 0 rings (SSSR count). The van der Waals surface area contributed by atoms with Crippen molar-refractivity contribution >= 4 is 11.8 Å². The quantitative estimate of drug-likeness (QED) is 0.412. The van der Waals surface area contributed by atoms with Gasteiger partial charge in [0, 0.05) is 23.7 Å². The van der Waals surface area contributed by atoms with E-state index in [4.69, 9.17) is 4.74 Å².